The van der Waals surface area contributed by atoms with Crippen LogP contribution in [0, 0.1) is 5.82 Å². The Labute approximate surface area is 145 Å². The standard InChI is InChI=1S/C19H20FNO2S/c1-24-16-7-8-17(19(23)21-9-3-6-15(22)12-21)18(11-16)13-4-2-5-14(20)10-13/h2,4-5,7-8,10-11,15,22H,3,6,9,12H2,1H3. The first-order valence-electron chi connectivity index (χ1n) is 8.00. The predicted octanol–water partition coefficient (Wildman–Crippen LogP) is 3.81. The summed E-state index contributed by atoms with van der Waals surface area (Å²) in [6.07, 6.45) is 3.02. The van der Waals surface area contributed by atoms with Gasteiger partial charge in [0.15, 0.2) is 0 Å². The van der Waals surface area contributed by atoms with Crippen LogP contribution >= 0.6 is 11.8 Å². The topological polar surface area (TPSA) is 40.5 Å². The van der Waals surface area contributed by atoms with Crippen LogP contribution in [0.4, 0.5) is 4.39 Å². The van der Waals surface area contributed by atoms with Crippen LogP contribution in [-0.2, 0) is 0 Å². The number of rotatable bonds is 3. The number of hydrogen-bond donors (Lipinski definition) is 1. The van der Waals surface area contributed by atoms with Crippen LogP contribution < -0.4 is 0 Å². The molecule has 1 heterocycles. The molecule has 1 N–H and O–H groups in total. The van der Waals surface area contributed by atoms with Crippen molar-refractivity contribution in [2.45, 2.75) is 23.8 Å². The zero-order valence-corrected chi connectivity index (χ0v) is 14.4. The highest BCUT2D eigenvalue weighted by molar-refractivity contribution is 7.98. The number of amides is 1. The Morgan fingerprint density at radius 1 is 1.29 bits per heavy atom. The van der Waals surface area contributed by atoms with Crippen LogP contribution in [0.5, 0.6) is 0 Å². The zero-order valence-electron chi connectivity index (χ0n) is 13.5. The molecule has 126 valence electrons. The van der Waals surface area contributed by atoms with Crippen molar-refractivity contribution in [3.05, 3.63) is 53.8 Å². The first-order chi connectivity index (χ1) is 11.6. The molecule has 3 rings (SSSR count). The fourth-order valence-electron chi connectivity index (χ4n) is 3.04. The minimum atomic E-state index is -0.467. The zero-order chi connectivity index (χ0) is 17.1. The molecule has 24 heavy (non-hydrogen) atoms. The highest BCUT2D eigenvalue weighted by Crippen LogP contribution is 2.30. The van der Waals surface area contributed by atoms with Crippen molar-refractivity contribution < 1.29 is 14.3 Å². The van der Waals surface area contributed by atoms with Crippen LogP contribution in [-0.4, -0.2) is 41.4 Å². The van der Waals surface area contributed by atoms with E-state index < -0.39 is 6.10 Å². The van der Waals surface area contributed by atoms with E-state index in [4.69, 9.17) is 0 Å². The molecule has 0 radical (unpaired) electrons. The molecule has 1 unspecified atom stereocenters. The highest BCUT2D eigenvalue weighted by Gasteiger charge is 2.25. The molecule has 1 aliphatic heterocycles. The molecular weight excluding hydrogens is 325 g/mol. The SMILES string of the molecule is CSc1ccc(C(=O)N2CCCC(O)C2)c(-c2cccc(F)c2)c1. The predicted molar refractivity (Wildman–Crippen MR) is 94.8 cm³/mol. The smallest absolute Gasteiger partial charge is 0.254 e. The van der Waals surface area contributed by atoms with Gasteiger partial charge in [0.05, 0.1) is 6.10 Å². The van der Waals surface area contributed by atoms with Crippen molar-refractivity contribution >= 4 is 17.7 Å². The summed E-state index contributed by atoms with van der Waals surface area (Å²) in [7, 11) is 0. The van der Waals surface area contributed by atoms with Crippen molar-refractivity contribution in [1.29, 1.82) is 0 Å². The first-order valence-corrected chi connectivity index (χ1v) is 9.22. The van der Waals surface area contributed by atoms with E-state index in [1.807, 2.05) is 24.5 Å². The molecule has 2 aromatic carbocycles. The van der Waals surface area contributed by atoms with Gasteiger partial charge in [0.25, 0.3) is 5.91 Å². The monoisotopic (exact) mass is 345 g/mol. The Bertz CT molecular complexity index is 750. The van der Waals surface area contributed by atoms with E-state index in [-0.39, 0.29) is 11.7 Å². The Balaban J connectivity index is 2.02. The van der Waals surface area contributed by atoms with E-state index in [9.17, 15) is 14.3 Å². The average molecular weight is 345 g/mol. The number of aliphatic hydroxyl groups is 1. The number of β-amino-alcohol motifs (C(OH)–C–C–N with tert-alkyl or cyclic N) is 1. The third kappa shape index (κ3) is 3.62. The van der Waals surface area contributed by atoms with E-state index in [1.54, 1.807) is 28.8 Å². The van der Waals surface area contributed by atoms with E-state index in [0.717, 1.165) is 23.3 Å². The summed E-state index contributed by atoms with van der Waals surface area (Å²) in [5.74, 6) is -0.436. The lowest BCUT2D eigenvalue weighted by Crippen LogP contribution is -2.42. The maximum absolute atomic E-state index is 13.6. The maximum Gasteiger partial charge on any atom is 0.254 e. The quantitative estimate of drug-likeness (QED) is 0.860. The van der Waals surface area contributed by atoms with Gasteiger partial charge < -0.3 is 10.0 Å². The molecular formula is C19H20FNO2S. The molecule has 2 aromatic rings. The summed E-state index contributed by atoms with van der Waals surface area (Å²) >= 11 is 1.58. The number of nitrogens with zero attached hydrogens (tertiary/aromatic N) is 1. The lowest BCUT2D eigenvalue weighted by Gasteiger charge is -2.30. The normalized spacial score (nSPS) is 17.8. The molecule has 0 spiro atoms. The van der Waals surface area contributed by atoms with E-state index in [0.29, 0.717) is 24.2 Å². The van der Waals surface area contributed by atoms with E-state index in [2.05, 4.69) is 0 Å². The van der Waals surface area contributed by atoms with Gasteiger partial charge in [0.1, 0.15) is 5.82 Å². The lowest BCUT2D eigenvalue weighted by molar-refractivity contribution is 0.0474. The van der Waals surface area contributed by atoms with Gasteiger partial charge in [-0.05, 0) is 60.6 Å². The maximum atomic E-state index is 13.6. The van der Waals surface area contributed by atoms with Crippen molar-refractivity contribution in [2.24, 2.45) is 0 Å². The lowest BCUT2D eigenvalue weighted by atomic mass is 9.97. The van der Waals surface area contributed by atoms with Crippen LogP contribution in [0.25, 0.3) is 11.1 Å². The number of carbonyl (C=O) groups excluding carboxylic acids is 1. The molecule has 1 atom stereocenters. The second-order valence-corrected chi connectivity index (χ2v) is 6.85. The Kier molecular flexibility index (Phi) is 5.21. The van der Waals surface area contributed by atoms with Gasteiger partial charge in [-0.3, -0.25) is 4.79 Å². The molecule has 0 aromatic heterocycles. The second kappa shape index (κ2) is 7.36. The number of hydrogen-bond acceptors (Lipinski definition) is 3. The molecule has 5 heteroatoms. The van der Waals surface area contributed by atoms with Gasteiger partial charge in [-0.25, -0.2) is 4.39 Å². The number of piperidine rings is 1. The molecule has 0 saturated carbocycles. The van der Waals surface area contributed by atoms with Crippen LogP contribution in [0.3, 0.4) is 0 Å². The van der Waals surface area contributed by atoms with Crippen molar-refractivity contribution in [2.75, 3.05) is 19.3 Å². The van der Waals surface area contributed by atoms with Crippen LogP contribution in [0.1, 0.15) is 23.2 Å². The summed E-state index contributed by atoms with van der Waals surface area (Å²) in [4.78, 5) is 15.6. The van der Waals surface area contributed by atoms with Crippen LogP contribution in [0.2, 0.25) is 0 Å². The van der Waals surface area contributed by atoms with Gasteiger partial charge in [-0.2, -0.15) is 0 Å². The fourth-order valence-corrected chi connectivity index (χ4v) is 3.48. The van der Waals surface area contributed by atoms with Gasteiger partial charge in [0, 0.05) is 23.5 Å². The van der Waals surface area contributed by atoms with Gasteiger partial charge >= 0.3 is 0 Å². The molecule has 1 aliphatic rings. The van der Waals surface area contributed by atoms with Crippen LogP contribution in [0.15, 0.2) is 47.4 Å². The summed E-state index contributed by atoms with van der Waals surface area (Å²) in [5.41, 5.74) is 1.96. The molecule has 3 nitrogen and oxygen atoms in total. The van der Waals surface area contributed by atoms with Gasteiger partial charge in [-0.15, -0.1) is 11.8 Å². The van der Waals surface area contributed by atoms with E-state index >= 15 is 0 Å². The van der Waals surface area contributed by atoms with Crippen molar-refractivity contribution in [1.82, 2.24) is 4.90 Å². The Morgan fingerprint density at radius 3 is 2.83 bits per heavy atom. The summed E-state index contributed by atoms with van der Waals surface area (Å²) < 4.78 is 13.6. The minimum absolute atomic E-state index is 0.110. The van der Waals surface area contributed by atoms with Gasteiger partial charge in [-0.1, -0.05) is 12.1 Å². The summed E-state index contributed by atoms with van der Waals surface area (Å²) in [5, 5.41) is 9.83. The fraction of sp³-hybridized carbons (Fsp3) is 0.316. The molecule has 0 bridgehead atoms. The number of halogens is 1. The summed E-state index contributed by atoms with van der Waals surface area (Å²) in [6, 6.07) is 11.9. The Hall–Kier alpha value is -1.85. The van der Waals surface area contributed by atoms with Gasteiger partial charge in [0.2, 0.25) is 0 Å². The highest BCUT2D eigenvalue weighted by atomic mass is 32.2. The molecule has 1 saturated heterocycles. The molecule has 1 amide bonds. The Morgan fingerprint density at radius 2 is 2.12 bits per heavy atom. The molecule has 1 fully saturated rings. The van der Waals surface area contributed by atoms with Crippen molar-refractivity contribution in [3.63, 3.8) is 0 Å². The number of benzene rings is 2. The number of thioether (sulfide) groups is 1. The summed E-state index contributed by atoms with van der Waals surface area (Å²) in [6.45, 7) is 0.995. The van der Waals surface area contributed by atoms with Crippen molar-refractivity contribution in [3.8, 4) is 11.1 Å². The number of aliphatic hydroxyl groups excluding tert-OH is 1. The first kappa shape index (κ1) is 17.0. The third-order valence-corrected chi connectivity index (χ3v) is 5.00. The molecule has 0 aliphatic carbocycles. The number of likely N-dealkylation sites (tertiary alicyclic amines) is 1. The largest absolute Gasteiger partial charge is 0.391 e. The van der Waals surface area contributed by atoms with E-state index in [1.165, 1.54) is 12.1 Å². The minimum Gasteiger partial charge on any atom is -0.391 e. The average Bonchev–Trinajstić information content (AvgIpc) is 2.60. The third-order valence-electron chi connectivity index (χ3n) is 4.28. The second-order valence-electron chi connectivity index (χ2n) is 5.97. The number of carbonyl (C=O) groups is 1.